The molecule has 9 heteroatoms. The molecule has 0 bridgehead atoms. The van der Waals surface area contributed by atoms with E-state index in [1.807, 2.05) is 0 Å². The monoisotopic (exact) mass is 390 g/mol. The van der Waals surface area contributed by atoms with Crippen LogP contribution in [-0.2, 0) is 23.8 Å². The van der Waals surface area contributed by atoms with Gasteiger partial charge in [-0.05, 0) is 19.4 Å². The van der Waals surface area contributed by atoms with Crippen LogP contribution in [-0.4, -0.2) is 49.8 Å². The van der Waals surface area contributed by atoms with E-state index in [1.165, 1.54) is 39.5 Å². The van der Waals surface area contributed by atoms with Gasteiger partial charge in [-0.15, -0.1) is 0 Å². The Bertz CT molecular complexity index is 833. The minimum absolute atomic E-state index is 0.0975. The Hall–Kier alpha value is -3.20. The van der Waals surface area contributed by atoms with Gasteiger partial charge < -0.3 is 19.1 Å². The minimum Gasteiger partial charge on any atom is -0.466 e. The number of rotatable bonds is 6. The molecular formula is C19H22N2O7. The Morgan fingerprint density at radius 2 is 1.61 bits per heavy atom. The summed E-state index contributed by atoms with van der Waals surface area (Å²) in [4.78, 5) is 37.6. The summed E-state index contributed by atoms with van der Waals surface area (Å²) in [6.07, 6.45) is 0. The van der Waals surface area contributed by atoms with E-state index in [4.69, 9.17) is 14.2 Å². The second kappa shape index (κ2) is 8.66. The predicted molar refractivity (Wildman–Crippen MR) is 99.0 cm³/mol. The molecule has 0 amide bonds. The summed E-state index contributed by atoms with van der Waals surface area (Å²) in [5, 5.41) is 11.2. The zero-order valence-electron chi connectivity index (χ0n) is 16.3. The summed E-state index contributed by atoms with van der Waals surface area (Å²) in [5.74, 6) is -2.18. The number of carbonyl (C=O) groups is 2. The SMILES string of the molecule is COCN1C(C)=C(C(=O)OC)C(c2cccc([N+](=O)[O-])c2)C(C(=O)OC)=C1C. The number of esters is 2. The molecule has 0 aliphatic carbocycles. The van der Waals surface area contributed by atoms with Crippen LogP contribution in [0.2, 0.25) is 0 Å². The maximum absolute atomic E-state index is 12.6. The summed E-state index contributed by atoms with van der Waals surface area (Å²) in [6.45, 7) is 3.50. The molecule has 1 aliphatic rings. The van der Waals surface area contributed by atoms with Gasteiger partial charge in [-0.2, -0.15) is 0 Å². The standard InChI is InChI=1S/C19H22N2O7/c1-11-15(18(22)27-4)17(13-7-6-8-14(9-13)21(24)25)16(19(23)28-5)12(2)20(11)10-26-3/h6-9,17H,10H2,1-5H3. The third kappa shape index (κ3) is 3.74. The molecular weight excluding hydrogens is 368 g/mol. The fourth-order valence-corrected chi connectivity index (χ4v) is 3.33. The highest BCUT2D eigenvalue weighted by Gasteiger charge is 2.40. The third-order valence-corrected chi connectivity index (χ3v) is 4.65. The lowest BCUT2D eigenvalue weighted by atomic mass is 9.79. The lowest BCUT2D eigenvalue weighted by Gasteiger charge is -2.37. The van der Waals surface area contributed by atoms with Gasteiger partial charge in [-0.3, -0.25) is 10.1 Å². The number of carbonyl (C=O) groups excluding carboxylic acids is 2. The van der Waals surface area contributed by atoms with Crippen molar-refractivity contribution in [2.45, 2.75) is 19.8 Å². The van der Waals surface area contributed by atoms with E-state index in [0.717, 1.165) is 0 Å². The van der Waals surface area contributed by atoms with E-state index in [-0.39, 0.29) is 23.6 Å². The molecule has 0 atom stereocenters. The first-order chi connectivity index (χ1) is 13.3. The number of benzene rings is 1. The van der Waals surface area contributed by atoms with E-state index >= 15 is 0 Å². The van der Waals surface area contributed by atoms with Gasteiger partial charge in [0.1, 0.15) is 6.73 Å². The summed E-state index contributed by atoms with van der Waals surface area (Å²) in [6, 6.07) is 5.80. The number of ether oxygens (including phenoxy) is 3. The number of nitrogens with zero attached hydrogens (tertiary/aromatic N) is 2. The van der Waals surface area contributed by atoms with Crippen LogP contribution in [0.25, 0.3) is 0 Å². The molecule has 0 unspecified atom stereocenters. The smallest absolute Gasteiger partial charge is 0.336 e. The largest absolute Gasteiger partial charge is 0.466 e. The molecule has 0 fully saturated rings. The summed E-state index contributed by atoms with van der Waals surface area (Å²) in [5.41, 5.74) is 1.68. The minimum atomic E-state index is -0.882. The van der Waals surface area contributed by atoms with Gasteiger partial charge in [0.05, 0.1) is 36.2 Å². The van der Waals surface area contributed by atoms with E-state index in [0.29, 0.717) is 17.0 Å². The second-order valence-electron chi connectivity index (χ2n) is 6.11. The topological polar surface area (TPSA) is 108 Å². The van der Waals surface area contributed by atoms with Crippen LogP contribution in [0.3, 0.4) is 0 Å². The molecule has 0 saturated carbocycles. The van der Waals surface area contributed by atoms with Crippen LogP contribution in [0.1, 0.15) is 25.3 Å². The molecule has 1 aromatic carbocycles. The van der Waals surface area contributed by atoms with Crippen LogP contribution >= 0.6 is 0 Å². The molecule has 1 aliphatic heterocycles. The van der Waals surface area contributed by atoms with Crippen molar-refractivity contribution in [1.82, 2.24) is 4.90 Å². The number of methoxy groups -OCH3 is 3. The lowest BCUT2D eigenvalue weighted by molar-refractivity contribution is -0.384. The van der Waals surface area contributed by atoms with E-state index < -0.39 is 22.8 Å². The Balaban J connectivity index is 2.81. The van der Waals surface area contributed by atoms with Crippen molar-refractivity contribution in [3.63, 3.8) is 0 Å². The number of non-ortho nitro benzene ring substituents is 1. The quantitative estimate of drug-likeness (QED) is 0.414. The van der Waals surface area contributed by atoms with Gasteiger partial charge in [0.2, 0.25) is 0 Å². The van der Waals surface area contributed by atoms with E-state index in [9.17, 15) is 19.7 Å². The van der Waals surface area contributed by atoms with Crippen LogP contribution < -0.4 is 0 Å². The van der Waals surface area contributed by atoms with Gasteiger partial charge in [0.25, 0.3) is 5.69 Å². The zero-order valence-corrected chi connectivity index (χ0v) is 16.3. The molecule has 0 aromatic heterocycles. The first-order valence-electron chi connectivity index (χ1n) is 8.37. The van der Waals surface area contributed by atoms with Crippen LogP contribution in [0, 0.1) is 10.1 Å². The average Bonchev–Trinajstić information content (AvgIpc) is 2.69. The second-order valence-corrected chi connectivity index (χ2v) is 6.11. The number of nitro groups is 1. The maximum atomic E-state index is 12.6. The Kier molecular flexibility index (Phi) is 6.53. The molecule has 2 rings (SSSR count). The highest BCUT2D eigenvalue weighted by Crippen LogP contribution is 2.43. The third-order valence-electron chi connectivity index (χ3n) is 4.65. The van der Waals surface area contributed by atoms with Gasteiger partial charge in [0.15, 0.2) is 0 Å². The van der Waals surface area contributed by atoms with E-state index in [2.05, 4.69) is 0 Å². The molecule has 150 valence electrons. The first kappa shape index (κ1) is 21.1. The van der Waals surface area contributed by atoms with Crippen LogP contribution in [0.5, 0.6) is 0 Å². The highest BCUT2D eigenvalue weighted by molar-refractivity contribution is 5.99. The van der Waals surface area contributed by atoms with Crippen molar-refractivity contribution in [3.8, 4) is 0 Å². The van der Waals surface area contributed by atoms with Gasteiger partial charge in [0, 0.05) is 30.6 Å². The molecule has 1 heterocycles. The van der Waals surface area contributed by atoms with Crippen molar-refractivity contribution in [1.29, 1.82) is 0 Å². The van der Waals surface area contributed by atoms with Crippen molar-refractivity contribution >= 4 is 17.6 Å². The van der Waals surface area contributed by atoms with Crippen LogP contribution in [0.4, 0.5) is 5.69 Å². The number of hydrogen-bond acceptors (Lipinski definition) is 8. The fraction of sp³-hybridized carbons (Fsp3) is 0.368. The van der Waals surface area contributed by atoms with Crippen molar-refractivity contribution in [3.05, 3.63) is 62.5 Å². The Labute approximate surface area is 162 Å². The van der Waals surface area contributed by atoms with Crippen molar-refractivity contribution < 1.29 is 28.7 Å². The molecule has 0 spiro atoms. The molecule has 28 heavy (non-hydrogen) atoms. The number of hydrogen-bond donors (Lipinski definition) is 0. The molecule has 1 aromatic rings. The van der Waals surface area contributed by atoms with Gasteiger partial charge in [-0.25, -0.2) is 9.59 Å². The Morgan fingerprint density at radius 3 is 2.04 bits per heavy atom. The highest BCUT2D eigenvalue weighted by atomic mass is 16.6. The number of allylic oxidation sites excluding steroid dienone is 2. The molecule has 0 radical (unpaired) electrons. The zero-order chi connectivity index (χ0) is 21.0. The van der Waals surface area contributed by atoms with Gasteiger partial charge >= 0.3 is 11.9 Å². The molecule has 9 nitrogen and oxygen atoms in total. The van der Waals surface area contributed by atoms with Crippen LogP contribution in [0.15, 0.2) is 46.8 Å². The fourth-order valence-electron chi connectivity index (χ4n) is 3.33. The predicted octanol–water partition coefficient (Wildman–Crippen LogP) is 2.49. The summed E-state index contributed by atoms with van der Waals surface area (Å²) < 4.78 is 15.1. The normalized spacial score (nSPS) is 15.0. The number of nitro benzene ring substituents is 1. The van der Waals surface area contributed by atoms with E-state index in [1.54, 1.807) is 24.8 Å². The summed E-state index contributed by atoms with van der Waals surface area (Å²) >= 11 is 0. The van der Waals surface area contributed by atoms with Crippen molar-refractivity contribution in [2.75, 3.05) is 28.1 Å². The molecule has 0 saturated heterocycles. The maximum Gasteiger partial charge on any atom is 0.336 e. The summed E-state index contributed by atoms with van der Waals surface area (Å²) in [7, 11) is 3.95. The van der Waals surface area contributed by atoms with Gasteiger partial charge in [-0.1, -0.05) is 12.1 Å². The Morgan fingerprint density at radius 1 is 1.07 bits per heavy atom. The first-order valence-corrected chi connectivity index (χ1v) is 8.37. The van der Waals surface area contributed by atoms with Crippen molar-refractivity contribution in [2.24, 2.45) is 0 Å². The molecule has 0 N–H and O–H groups in total. The average molecular weight is 390 g/mol. The lowest BCUT2D eigenvalue weighted by Crippen LogP contribution is -2.36.